The third kappa shape index (κ3) is 4.41. The SMILES string of the molecule is O=C(Nc1ccccc1Cl)N1CCN(Cc2ccc(Cl)cc2)CC1. The molecule has 2 aromatic carbocycles. The first-order valence-electron chi connectivity index (χ1n) is 7.89. The van der Waals surface area contributed by atoms with Gasteiger partial charge in [0.25, 0.3) is 0 Å². The second-order valence-corrected chi connectivity index (χ2v) is 6.64. The van der Waals surface area contributed by atoms with Crippen LogP contribution >= 0.6 is 23.2 Å². The smallest absolute Gasteiger partial charge is 0.321 e. The topological polar surface area (TPSA) is 35.6 Å². The lowest BCUT2D eigenvalue weighted by Crippen LogP contribution is -2.49. The summed E-state index contributed by atoms with van der Waals surface area (Å²) in [6, 6.07) is 15.1. The number of hydrogen-bond donors (Lipinski definition) is 1. The maximum absolute atomic E-state index is 12.3. The fourth-order valence-electron chi connectivity index (χ4n) is 2.71. The van der Waals surface area contributed by atoms with E-state index in [0.29, 0.717) is 23.8 Å². The summed E-state index contributed by atoms with van der Waals surface area (Å²) in [5, 5.41) is 4.17. The minimum Gasteiger partial charge on any atom is -0.322 e. The highest BCUT2D eigenvalue weighted by molar-refractivity contribution is 6.33. The summed E-state index contributed by atoms with van der Waals surface area (Å²) in [6.07, 6.45) is 0. The van der Waals surface area contributed by atoms with Crippen LogP contribution in [0.1, 0.15) is 5.56 Å². The first-order chi connectivity index (χ1) is 11.6. The maximum atomic E-state index is 12.3. The molecule has 0 radical (unpaired) electrons. The normalized spacial score (nSPS) is 15.3. The summed E-state index contributed by atoms with van der Waals surface area (Å²) < 4.78 is 0. The van der Waals surface area contributed by atoms with Crippen molar-refractivity contribution in [1.29, 1.82) is 0 Å². The van der Waals surface area contributed by atoms with E-state index in [9.17, 15) is 4.79 Å². The van der Waals surface area contributed by atoms with E-state index >= 15 is 0 Å². The van der Waals surface area contributed by atoms with Gasteiger partial charge in [-0.2, -0.15) is 0 Å². The molecule has 4 nitrogen and oxygen atoms in total. The highest BCUT2D eigenvalue weighted by atomic mass is 35.5. The predicted octanol–water partition coefficient (Wildman–Crippen LogP) is 4.34. The number of nitrogens with zero attached hydrogens (tertiary/aromatic N) is 2. The zero-order valence-corrected chi connectivity index (χ0v) is 14.7. The van der Waals surface area contributed by atoms with Crippen LogP contribution in [0, 0.1) is 0 Å². The van der Waals surface area contributed by atoms with Crippen LogP contribution in [0.3, 0.4) is 0 Å². The van der Waals surface area contributed by atoms with E-state index < -0.39 is 0 Å². The number of rotatable bonds is 3. The van der Waals surface area contributed by atoms with Gasteiger partial charge < -0.3 is 10.2 Å². The number of piperazine rings is 1. The van der Waals surface area contributed by atoms with Gasteiger partial charge in [-0.25, -0.2) is 4.79 Å². The fourth-order valence-corrected chi connectivity index (χ4v) is 3.02. The number of urea groups is 1. The molecule has 1 N–H and O–H groups in total. The van der Waals surface area contributed by atoms with Crippen LogP contribution in [-0.4, -0.2) is 42.0 Å². The number of carbonyl (C=O) groups excluding carboxylic acids is 1. The number of anilines is 1. The minimum absolute atomic E-state index is 0.103. The number of benzene rings is 2. The van der Waals surface area contributed by atoms with Crippen molar-refractivity contribution in [2.45, 2.75) is 6.54 Å². The molecule has 24 heavy (non-hydrogen) atoms. The molecule has 1 heterocycles. The van der Waals surface area contributed by atoms with Crippen LogP contribution < -0.4 is 5.32 Å². The molecule has 3 rings (SSSR count). The Morgan fingerprint density at radius 3 is 2.29 bits per heavy atom. The molecule has 1 aliphatic heterocycles. The molecule has 0 aromatic heterocycles. The third-order valence-electron chi connectivity index (χ3n) is 4.09. The minimum atomic E-state index is -0.103. The Morgan fingerprint density at radius 2 is 1.62 bits per heavy atom. The molecule has 2 amide bonds. The van der Waals surface area contributed by atoms with Gasteiger partial charge in [0.05, 0.1) is 10.7 Å². The van der Waals surface area contributed by atoms with Gasteiger partial charge in [0.2, 0.25) is 0 Å². The second-order valence-electron chi connectivity index (χ2n) is 5.80. The highest BCUT2D eigenvalue weighted by Gasteiger charge is 2.21. The summed E-state index contributed by atoms with van der Waals surface area (Å²) in [7, 11) is 0. The highest BCUT2D eigenvalue weighted by Crippen LogP contribution is 2.21. The van der Waals surface area contributed by atoms with Gasteiger partial charge in [-0.05, 0) is 29.8 Å². The Labute approximate surface area is 152 Å². The molecule has 1 fully saturated rings. The van der Waals surface area contributed by atoms with Gasteiger partial charge in [-0.1, -0.05) is 47.5 Å². The Balaban J connectivity index is 1.50. The number of amides is 2. The van der Waals surface area contributed by atoms with Crippen LogP contribution in [-0.2, 0) is 6.54 Å². The van der Waals surface area contributed by atoms with Crippen molar-refractivity contribution >= 4 is 34.9 Å². The fraction of sp³-hybridized carbons (Fsp3) is 0.278. The molecule has 0 spiro atoms. The lowest BCUT2D eigenvalue weighted by Gasteiger charge is -2.34. The van der Waals surface area contributed by atoms with Gasteiger partial charge in [0.15, 0.2) is 0 Å². The van der Waals surface area contributed by atoms with Crippen molar-refractivity contribution in [3.63, 3.8) is 0 Å². The molecule has 0 saturated carbocycles. The zero-order chi connectivity index (χ0) is 16.9. The van der Waals surface area contributed by atoms with Crippen molar-refractivity contribution in [2.75, 3.05) is 31.5 Å². The van der Waals surface area contributed by atoms with Crippen LogP contribution in [0.5, 0.6) is 0 Å². The monoisotopic (exact) mass is 363 g/mol. The van der Waals surface area contributed by atoms with Gasteiger partial charge >= 0.3 is 6.03 Å². The number of carbonyl (C=O) groups is 1. The average molecular weight is 364 g/mol. The number of para-hydroxylation sites is 1. The van der Waals surface area contributed by atoms with Crippen molar-refractivity contribution in [3.8, 4) is 0 Å². The van der Waals surface area contributed by atoms with Gasteiger partial charge in [0.1, 0.15) is 0 Å². The van der Waals surface area contributed by atoms with E-state index in [1.165, 1.54) is 5.56 Å². The van der Waals surface area contributed by atoms with E-state index in [1.807, 2.05) is 41.3 Å². The average Bonchev–Trinajstić information content (AvgIpc) is 2.59. The first-order valence-corrected chi connectivity index (χ1v) is 8.65. The summed E-state index contributed by atoms with van der Waals surface area (Å²) in [5.74, 6) is 0. The van der Waals surface area contributed by atoms with Crippen LogP contribution in [0.25, 0.3) is 0 Å². The molecule has 2 aromatic rings. The quantitative estimate of drug-likeness (QED) is 0.879. The maximum Gasteiger partial charge on any atom is 0.321 e. The third-order valence-corrected chi connectivity index (χ3v) is 4.68. The van der Waals surface area contributed by atoms with Crippen molar-refractivity contribution in [1.82, 2.24) is 9.80 Å². The summed E-state index contributed by atoms with van der Waals surface area (Å²) in [5.41, 5.74) is 1.88. The van der Waals surface area contributed by atoms with Crippen molar-refractivity contribution in [2.24, 2.45) is 0 Å². The van der Waals surface area contributed by atoms with Crippen LogP contribution in [0.2, 0.25) is 10.0 Å². The molecule has 6 heteroatoms. The molecule has 1 aliphatic rings. The summed E-state index contributed by atoms with van der Waals surface area (Å²) in [6.45, 7) is 3.96. The largest absolute Gasteiger partial charge is 0.322 e. The molecule has 0 atom stereocenters. The number of halogens is 2. The standard InChI is InChI=1S/C18H19Cl2N3O/c19-15-7-5-14(6-8-15)13-22-9-11-23(12-10-22)18(24)21-17-4-2-1-3-16(17)20/h1-8H,9-13H2,(H,21,24). The lowest BCUT2D eigenvalue weighted by molar-refractivity contribution is 0.143. The summed E-state index contributed by atoms with van der Waals surface area (Å²) in [4.78, 5) is 16.5. The molecular weight excluding hydrogens is 345 g/mol. The zero-order valence-electron chi connectivity index (χ0n) is 13.2. The van der Waals surface area contributed by atoms with Gasteiger partial charge in [-0.15, -0.1) is 0 Å². The van der Waals surface area contributed by atoms with Crippen molar-refractivity contribution < 1.29 is 4.79 Å². The van der Waals surface area contributed by atoms with E-state index in [-0.39, 0.29) is 6.03 Å². The van der Waals surface area contributed by atoms with E-state index in [2.05, 4.69) is 10.2 Å². The van der Waals surface area contributed by atoms with Crippen molar-refractivity contribution in [3.05, 3.63) is 64.1 Å². The number of nitrogens with one attached hydrogen (secondary N) is 1. The second kappa shape index (κ2) is 7.88. The molecule has 0 unspecified atom stereocenters. The van der Waals surface area contributed by atoms with E-state index in [1.54, 1.807) is 12.1 Å². The number of hydrogen-bond acceptors (Lipinski definition) is 2. The first kappa shape index (κ1) is 17.1. The van der Waals surface area contributed by atoms with Crippen LogP contribution in [0.4, 0.5) is 10.5 Å². The molecular formula is C18H19Cl2N3O. The van der Waals surface area contributed by atoms with E-state index in [4.69, 9.17) is 23.2 Å². The Bertz CT molecular complexity index is 698. The Hall–Kier alpha value is -1.75. The van der Waals surface area contributed by atoms with Crippen LogP contribution in [0.15, 0.2) is 48.5 Å². The molecule has 0 bridgehead atoms. The molecule has 0 aliphatic carbocycles. The molecule has 1 saturated heterocycles. The van der Waals surface area contributed by atoms with Gasteiger partial charge in [0, 0.05) is 37.7 Å². The Kier molecular flexibility index (Phi) is 5.61. The summed E-state index contributed by atoms with van der Waals surface area (Å²) >= 11 is 12.0. The lowest BCUT2D eigenvalue weighted by atomic mass is 10.2. The van der Waals surface area contributed by atoms with Gasteiger partial charge in [-0.3, -0.25) is 4.90 Å². The predicted molar refractivity (Wildman–Crippen MR) is 98.8 cm³/mol. The van der Waals surface area contributed by atoms with E-state index in [0.717, 1.165) is 24.7 Å². The molecule has 126 valence electrons. The Morgan fingerprint density at radius 1 is 0.958 bits per heavy atom.